The largest absolute Gasteiger partial charge is 0.313 e. The van der Waals surface area contributed by atoms with Crippen LogP contribution >= 0.6 is 0 Å². The van der Waals surface area contributed by atoms with Gasteiger partial charge >= 0.3 is 0 Å². The van der Waals surface area contributed by atoms with Gasteiger partial charge in [-0.05, 0) is 44.0 Å². The molecule has 0 heterocycles. The molecule has 1 rings (SSSR count). The van der Waals surface area contributed by atoms with Crippen molar-refractivity contribution in [3.05, 3.63) is 34.9 Å². The molecule has 0 saturated heterocycles. The van der Waals surface area contributed by atoms with Crippen molar-refractivity contribution in [2.75, 3.05) is 7.05 Å². The minimum Gasteiger partial charge on any atom is -0.313 e. The van der Waals surface area contributed by atoms with Crippen molar-refractivity contribution in [2.45, 2.75) is 58.9 Å². The molecule has 0 bridgehead atoms. The van der Waals surface area contributed by atoms with Crippen molar-refractivity contribution >= 4 is 0 Å². The summed E-state index contributed by atoms with van der Waals surface area (Å²) in [7, 11) is 2.08. The van der Waals surface area contributed by atoms with Gasteiger partial charge in [0.15, 0.2) is 0 Å². The Labute approximate surface area is 107 Å². The summed E-state index contributed by atoms with van der Waals surface area (Å²) in [6.45, 7) is 6.70. The Hall–Kier alpha value is -0.820. The van der Waals surface area contributed by atoms with Gasteiger partial charge in [0.2, 0.25) is 0 Å². The van der Waals surface area contributed by atoms with Crippen LogP contribution < -0.4 is 5.32 Å². The lowest BCUT2D eigenvalue weighted by Gasteiger charge is -2.20. The summed E-state index contributed by atoms with van der Waals surface area (Å²) in [6, 6.07) is 7.16. The average Bonchev–Trinajstić information content (AvgIpc) is 2.34. The van der Waals surface area contributed by atoms with E-state index in [1.54, 1.807) is 0 Å². The standard InChI is InChI=1S/C16H27N/c1-5-6-7-8-12-16(17-4)15-11-9-10-13(2)14(15)3/h9-11,16-17H,5-8,12H2,1-4H3. The fraction of sp³-hybridized carbons (Fsp3) is 0.625. The molecule has 1 atom stereocenters. The molecule has 0 fully saturated rings. The zero-order chi connectivity index (χ0) is 12.7. The highest BCUT2D eigenvalue weighted by molar-refractivity contribution is 5.35. The van der Waals surface area contributed by atoms with Crippen molar-refractivity contribution in [1.82, 2.24) is 5.32 Å². The van der Waals surface area contributed by atoms with Crippen molar-refractivity contribution in [1.29, 1.82) is 0 Å². The zero-order valence-corrected chi connectivity index (χ0v) is 11.8. The van der Waals surface area contributed by atoms with Crippen LogP contribution in [0.1, 0.15) is 61.8 Å². The number of unbranched alkanes of at least 4 members (excludes halogenated alkanes) is 3. The lowest BCUT2D eigenvalue weighted by Crippen LogP contribution is -2.17. The van der Waals surface area contributed by atoms with E-state index in [9.17, 15) is 0 Å². The lowest BCUT2D eigenvalue weighted by molar-refractivity contribution is 0.503. The monoisotopic (exact) mass is 233 g/mol. The topological polar surface area (TPSA) is 12.0 Å². The van der Waals surface area contributed by atoms with Crippen LogP contribution in [0.5, 0.6) is 0 Å². The van der Waals surface area contributed by atoms with Gasteiger partial charge in [0.05, 0.1) is 0 Å². The molecule has 1 heteroatoms. The van der Waals surface area contributed by atoms with Crippen LogP contribution in [-0.2, 0) is 0 Å². The van der Waals surface area contributed by atoms with Gasteiger partial charge in [-0.2, -0.15) is 0 Å². The molecule has 0 aliphatic carbocycles. The van der Waals surface area contributed by atoms with E-state index in [0.717, 1.165) is 0 Å². The van der Waals surface area contributed by atoms with Crippen LogP contribution in [-0.4, -0.2) is 7.05 Å². The summed E-state index contributed by atoms with van der Waals surface area (Å²) >= 11 is 0. The van der Waals surface area contributed by atoms with E-state index in [0.29, 0.717) is 6.04 Å². The van der Waals surface area contributed by atoms with E-state index in [1.165, 1.54) is 48.8 Å². The Balaban J connectivity index is 2.63. The van der Waals surface area contributed by atoms with Crippen molar-refractivity contribution in [2.24, 2.45) is 0 Å². The predicted molar refractivity (Wildman–Crippen MR) is 76.5 cm³/mol. The van der Waals surface area contributed by atoms with Crippen LogP contribution in [0.2, 0.25) is 0 Å². The summed E-state index contributed by atoms with van der Waals surface area (Å²) < 4.78 is 0. The molecule has 1 nitrogen and oxygen atoms in total. The molecule has 1 unspecified atom stereocenters. The van der Waals surface area contributed by atoms with Crippen LogP contribution in [0.3, 0.4) is 0 Å². The van der Waals surface area contributed by atoms with E-state index in [2.05, 4.69) is 51.3 Å². The Kier molecular flexibility index (Phi) is 6.28. The minimum absolute atomic E-state index is 0.520. The number of hydrogen-bond acceptors (Lipinski definition) is 1. The molecule has 1 N–H and O–H groups in total. The van der Waals surface area contributed by atoms with Gasteiger partial charge in [-0.15, -0.1) is 0 Å². The zero-order valence-electron chi connectivity index (χ0n) is 11.8. The molecular formula is C16H27N. The summed E-state index contributed by atoms with van der Waals surface area (Å²) in [5.74, 6) is 0. The highest BCUT2D eigenvalue weighted by atomic mass is 14.9. The summed E-state index contributed by atoms with van der Waals surface area (Å²) in [6.07, 6.45) is 6.62. The first-order chi connectivity index (χ1) is 8.20. The van der Waals surface area contributed by atoms with Gasteiger partial charge in [0.1, 0.15) is 0 Å². The van der Waals surface area contributed by atoms with Gasteiger partial charge in [-0.3, -0.25) is 0 Å². The lowest BCUT2D eigenvalue weighted by atomic mass is 9.94. The van der Waals surface area contributed by atoms with Gasteiger partial charge in [0, 0.05) is 6.04 Å². The predicted octanol–water partition coefficient (Wildman–Crippen LogP) is 4.53. The maximum atomic E-state index is 3.46. The third kappa shape index (κ3) is 4.16. The molecule has 0 amide bonds. The molecule has 0 radical (unpaired) electrons. The number of rotatable bonds is 7. The summed E-state index contributed by atoms with van der Waals surface area (Å²) in [4.78, 5) is 0. The molecular weight excluding hydrogens is 206 g/mol. The first-order valence-electron chi connectivity index (χ1n) is 6.94. The third-order valence-corrected chi connectivity index (χ3v) is 3.72. The number of benzene rings is 1. The molecule has 0 aromatic heterocycles. The smallest absolute Gasteiger partial charge is 0.0320 e. The highest BCUT2D eigenvalue weighted by Crippen LogP contribution is 2.24. The average molecular weight is 233 g/mol. The van der Waals surface area contributed by atoms with Crippen LogP contribution in [0.25, 0.3) is 0 Å². The maximum Gasteiger partial charge on any atom is 0.0320 e. The van der Waals surface area contributed by atoms with Gasteiger partial charge in [0.25, 0.3) is 0 Å². The molecule has 0 aliphatic rings. The van der Waals surface area contributed by atoms with Crippen molar-refractivity contribution < 1.29 is 0 Å². The Bertz CT molecular complexity index is 330. The Morgan fingerprint density at radius 2 is 1.88 bits per heavy atom. The number of nitrogens with one attached hydrogen (secondary N) is 1. The molecule has 1 aromatic carbocycles. The van der Waals surface area contributed by atoms with Gasteiger partial charge < -0.3 is 5.32 Å². The molecule has 0 aliphatic heterocycles. The molecule has 0 spiro atoms. The fourth-order valence-corrected chi connectivity index (χ4v) is 2.38. The van der Waals surface area contributed by atoms with Gasteiger partial charge in [-0.1, -0.05) is 50.8 Å². The Morgan fingerprint density at radius 1 is 1.12 bits per heavy atom. The van der Waals surface area contributed by atoms with Crippen molar-refractivity contribution in [3.63, 3.8) is 0 Å². The van der Waals surface area contributed by atoms with Crippen LogP contribution in [0.15, 0.2) is 18.2 Å². The van der Waals surface area contributed by atoms with Gasteiger partial charge in [-0.25, -0.2) is 0 Å². The molecule has 0 saturated carbocycles. The van der Waals surface area contributed by atoms with E-state index >= 15 is 0 Å². The molecule has 96 valence electrons. The normalized spacial score (nSPS) is 12.7. The number of aryl methyl sites for hydroxylation is 1. The SMILES string of the molecule is CCCCCCC(NC)c1cccc(C)c1C. The quantitative estimate of drug-likeness (QED) is 0.682. The molecule has 1 aromatic rings. The Morgan fingerprint density at radius 3 is 2.53 bits per heavy atom. The first kappa shape index (κ1) is 14.2. The van der Waals surface area contributed by atoms with Crippen LogP contribution in [0.4, 0.5) is 0 Å². The minimum atomic E-state index is 0.520. The van der Waals surface area contributed by atoms with Crippen molar-refractivity contribution in [3.8, 4) is 0 Å². The van der Waals surface area contributed by atoms with E-state index in [4.69, 9.17) is 0 Å². The summed E-state index contributed by atoms with van der Waals surface area (Å²) in [5, 5.41) is 3.46. The first-order valence-corrected chi connectivity index (χ1v) is 6.94. The summed E-state index contributed by atoms with van der Waals surface area (Å²) in [5.41, 5.74) is 4.32. The third-order valence-electron chi connectivity index (χ3n) is 3.72. The second-order valence-corrected chi connectivity index (χ2v) is 4.98. The molecule has 17 heavy (non-hydrogen) atoms. The highest BCUT2D eigenvalue weighted by Gasteiger charge is 2.11. The maximum absolute atomic E-state index is 3.46. The van der Waals surface area contributed by atoms with Crippen LogP contribution in [0, 0.1) is 13.8 Å². The van der Waals surface area contributed by atoms with E-state index < -0.39 is 0 Å². The van der Waals surface area contributed by atoms with E-state index in [-0.39, 0.29) is 0 Å². The second-order valence-electron chi connectivity index (χ2n) is 4.98. The fourth-order valence-electron chi connectivity index (χ4n) is 2.38. The van der Waals surface area contributed by atoms with E-state index in [1.807, 2.05) is 0 Å². The number of hydrogen-bond donors (Lipinski definition) is 1. The second kappa shape index (κ2) is 7.50.